The molecule has 0 unspecified atom stereocenters. The van der Waals surface area contributed by atoms with Gasteiger partial charge in [-0.1, -0.05) is 12.1 Å². The second kappa shape index (κ2) is 3.89. The molecule has 0 bridgehead atoms. The SMILES string of the molecule is CCOc1c(-c2ccc(F)cc2)c(=O)c1=O. The molecular formula is C12H9FO3. The Morgan fingerprint density at radius 3 is 2.31 bits per heavy atom. The zero-order valence-electron chi connectivity index (χ0n) is 8.62. The summed E-state index contributed by atoms with van der Waals surface area (Å²) in [5.74, 6) is -0.306. The third-order valence-electron chi connectivity index (χ3n) is 2.29. The van der Waals surface area contributed by atoms with Crippen LogP contribution in [0.5, 0.6) is 5.75 Å². The van der Waals surface area contributed by atoms with E-state index in [0.717, 1.165) is 0 Å². The maximum Gasteiger partial charge on any atom is 0.268 e. The summed E-state index contributed by atoms with van der Waals surface area (Å²) in [5, 5.41) is 0. The Bertz CT molecular complexity index is 577. The van der Waals surface area contributed by atoms with Crippen molar-refractivity contribution in [2.24, 2.45) is 0 Å². The molecule has 0 N–H and O–H groups in total. The Hall–Kier alpha value is -1.97. The predicted octanol–water partition coefficient (Wildman–Crippen LogP) is 1.49. The van der Waals surface area contributed by atoms with E-state index in [2.05, 4.69) is 0 Å². The molecule has 0 saturated carbocycles. The summed E-state index contributed by atoms with van der Waals surface area (Å²) in [7, 11) is 0. The Balaban J connectivity index is 2.49. The van der Waals surface area contributed by atoms with Crippen LogP contribution in [0.1, 0.15) is 6.92 Å². The van der Waals surface area contributed by atoms with E-state index in [1.165, 1.54) is 24.3 Å². The monoisotopic (exact) mass is 220 g/mol. The van der Waals surface area contributed by atoms with E-state index in [1.807, 2.05) is 0 Å². The van der Waals surface area contributed by atoms with Crippen molar-refractivity contribution in [3.05, 3.63) is 50.5 Å². The predicted molar refractivity (Wildman–Crippen MR) is 57.9 cm³/mol. The summed E-state index contributed by atoms with van der Waals surface area (Å²) >= 11 is 0. The second-order valence-electron chi connectivity index (χ2n) is 3.30. The molecule has 0 aliphatic heterocycles. The molecule has 2 aromatic carbocycles. The molecule has 3 nitrogen and oxygen atoms in total. The first-order valence-corrected chi connectivity index (χ1v) is 4.87. The van der Waals surface area contributed by atoms with Crippen molar-refractivity contribution in [2.75, 3.05) is 6.61 Å². The van der Waals surface area contributed by atoms with E-state index >= 15 is 0 Å². The van der Waals surface area contributed by atoms with Crippen molar-refractivity contribution >= 4 is 0 Å². The van der Waals surface area contributed by atoms with Crippen LogP contribution in [0.4, 0.5) is 4.39 Å². The number of benzene rings is 1. The zero-order valence-corrected chi connectivity index (χ0v) is 8.62. The molecular weight excluding hydrogens is 211 g/mol. The summed E-state index contributed by atoms with van der Waals surface area (Å²) in [4.78, 5) is 22.5. The van der Waals surface area contributed by atoms with Crippen molar-refractivity contribution in [1.82, 2.24) is 0 Å². The molecule has 4 heteroatoms. The lowest BCUT2D eigenvalue weighted by atomic mass is 10.00. The van der Waals surface area contributed by atoms with Crippen LogP contribution in [-0.4, -0.2) is 6.61 Å². The van der Waals surface area contributed by atoms with Gasteiger partial charge in [0.2, 0.25) is 5.43 Å². The molecule has 2 rings (SSSR count). The van der Waals surface area contributed by atoms with Gasteiger partial charge < -0.3 is 4.74 Å². The molecule has 0 aromatic heterocycles. The van der Waals surface area contributed by atoms with Crippen molar-refractivity contribution in [3.63, 3.8) is 0 Å². The van der Waals surface area contributed by atoms with Gasteiger partial charge in [0.1, 0.15) is 5.82 Å². The van der Waals surface area contributed by atoms with Crippen LogP contribution in [0.2, 0.25) is 0 Å². The summed E-state index contributed by atoms with van der Waals surface area (Å²) in [5.41, 5.74) is -0.433. The van der Waals surface area contributed by atoms with Crippen LogP contribution in [0.15, 0.2) is 33.9 Å². The van der Waals surface area contributed by atoms with E-state index in [4.69, 9.17) is 4.74 Å². The van der Waals surface area contributed by atoms with Gasteiger partial charge in [-0.2, -0.15) is 0 Å². The van der Waals surface area contributed by atoms with Crippen molar-refractivity contribution < 1.29 is 9.13 Å². The highest BCUT2D eigenvalue weighted by molar-refractivity contribution is 5.73. The normalized spacial score (nSPS) is 10.6. The van der Waals surface area contributed by atoms with Crippen molar-refractivity contribution in [2.45, 2.75) is 6.92 Å². The first kappa shape index (κ1) is 10.5. The van der Waals surface area contributed by atoms with Gasteiger partial charge in [-0.15, -0.1) is 0 Å². The highest BCUT2D eigenvalue weighted by Gasteiger charge is 2.23. The van der Waals surface area contributed by atoms with Crippen LogP contribution >= 0.6 is 0 Å². The summed E-state index contributed by atoms with van der Waals surface area (Å²) < 4.78 is 17.8. The van der Waals surface area contributed by atoms with E-state index < -0.39 is 10.9 Å². The number of hydrogen-bond donors (Lipinski definition) is 0. The van der Waals surface area contributed by atoms with E-state index in [9.17, 15) is 14.0 Å². The van der Waals surface area contributed by atoms with Crippen LogP contribution in [0.3, 0.4) is 0 Å². The third kappa shape index (κ3) is 1.52. The fourth-order valence-electron chi connectivity index (χ4n) is 1.53. The Labute approximate surface area is 90.8 Å². The van der Waals surface area contributed by atoms with Gasteiger partial charge in [0.25, 0.3) is 5.43 Å². The van der Waals surface area contributed by atoms with E-state index in [1.54, 1.807) is 6.92 Å². The van der Waals surface area contributed by atoms with Crippen LogP contribution in [-0.2, 0) is 0 Å². The Morgan fingerprint density at radius 2 is 1.75 bits per heavy atom. The lowest BCUT2D eigenvalue weighted by Gasteiger charge is -2.10. The van der Waals surface area contributed by atoms with Crippen LogP contribution < -0.4 is 15.6 Å². The van der Waals surface area contributed by atoms with E-state index in [-0.39, 0.29) is 17.1 Å². The summed E-state index contributed by atoms with van der Waals surface area (Å²) in [6.07, 6.45) is 0. The van der Waals surface area contributed by atoms with Gasteiger partial charge in [-0.25, -0.2) is 4.39 Å². The molecule has 0 spiro atoms. The van der Waals surface area contributed by atoms with Crippen molar-refractivity contribution in [3.8, 4) is 16.9 Å². The average Bonchev–Trinajstić information content (AvgIpc) is 2.30. The van der Waals surface area contributed by atoms with Gasteiger partial charge in [-0.3, -0.25) is 9.59 Å². The fraction of sp³-hybridized carbons (Fsp3) is 0.167. The van der Waals surface area contributed by atoms with Gasteiger partial charge >= 0.3 is 0 Å². The van der Waals surface area contributed by atoms with Crippen molar-refractivity contribution in [1.29, 1.82) is 0 Å². The molecule has 0 aliphatic rings. The lowest BCUT2D eigenvalue weighted by molar-refractivity contribution is 0.334. The number of ether oxygens (including phenoxy) is 1. The summed E-state index contributed by atoms with van der Waals surface area (Å²) in [6.45, 7) is 2.05. The van der Waals surface area contributed by atoms with E-state index in [0.29, 0.717) is 12.2 Å². The number of rotatable bonds is 3. The number of hydrogen-bond acceptors (Lipinski definition) is 3. The topological polar surface area (TPSA) is 43.4 Å². The first-order chi connectivity index (χ1) is 7.65. The van der Waals surface area contributed by atoms with Gasteiger partial charge in [0.05, 0.1) is 12.2 Å². The zero-order chi connectivity index (χ0) is 11.7. The smallest absolute Gasteiger partial charge is 0.268 e. The number of halogens is 1. The molecule has 0 fully saturated rings. The molecule has 16 heavy (non-hydrogen) atoms. The Morgan fingerprint density at radius 1 is 1.12 bits per heavy atom. The maximum absolute atomic E-state index is 12.7. The maximum atomic E-state index is 12.7. The molecule has 0 atom stereocenters. The molecule has 0 saturated heterocycles. The quantitative estimate of drug-likeness (QED) is 0.736. The highest BCUT2D eigenvalue weighted by Crippen LogP contribution is 2.25. The van der Waals surface area contributed by atoms with Crippen LogP contribution in [0, 0.1) is 5.82 Å². The highest BCUT2D eigenvalue weighted by atomic mass is 19.1. The van der Waals surface area contributed by atoms with Crippen LogP contribution in [0.25, 0.3) is 11.1 Å². The van der Waals surface area contributed by atoms with Gasteiger partial charge in [0, 0.05) is 0 Å². The first-order valence-electron chi connectivity index (χ1n) is 4.87. The minimum atomic E-state index is -0.610. The lowest BCUT2D eigenvalue weighted by Crippen LogP contribution is -2.34. The molecule has 0 radical (unpaired) electrons. The standard InChI is InChI=1S/C12H9FO3/c1-2-16-12-9(10(14)11(12)15)7-3-5-8(13)6-4-7/h3-6H,2H2,1H3. The minimum absolute atomic E-state index is 0.0825. The van der Waals surface area contributed by atoms with Gasteiger partial charge in [0.15, 0.2) is 5.75 Å². The summed E-state index contributed by atoms with van der Waals surface area (Å²) in [6, 6.07) is 5.38. The minimum Gasteiger partial charge on any atom is -0.489 e. The molecule has 2 aromatic rings. The molecule has 82 valence electrons. The second-order valence-corrected chi connectivity index (χ2v) is 3.30. The largest absolute Gasteiger partial charge is 0.489 e. The van der Waals surface area contributed by atoms with Gasteiger partial charge in [-0.05, 0) is 24.6 Å². The molecule has 0 aliphatic carbocycles. The molecule has 0 amide bonds. The molecule has 0 heterocycles. The Kier molecular flexibility index (Phi) is 2.56. The average molecular weight is 220 g/mol. The third-order valence-corrected chi connectivity index (χ3v) is 2.29. The fourth-order valence-corrected chi connectivity index (χ4v) is 1.53.